The highest BCUT2D eigenvalue weighted by Crippen LogP contribution is 2.20. The number of nitrogens with one attached hydrogen (secondary N) is 1. The van der Waals surface area contributed by atoms with Crippen molar-refractivity contribution in [3.05, 3.63) is 12.2 Å². The molecule has 0 radical (unpaired) electrons. The Morgan fingerprint density at radius 1 is 1.53 bits per heavy atom. The van der Waals surface area contributed by atoms with Crippen LogP contribution < -0.4 is 5.32 Å². The standard InChI is InChI=1S/C12H22N2O4S/c1-10(2)9-18-8-6-13-12(15)11-5-4-7-14(11)19(3,16)17/h11H,1,4-9H2,2-3H3,(H,13,15). The lowest BCUT2D eigenvalue weighted by Gasteiger charge is -2.21. The molecule has 0 aromatic carbocycles. The first kappa shape index (κ1) is 16.1. The largest absolute Gasteiger partial charge is 0.375 e. The van der Waals surface area contributed by atoms with E-state index in [0.29, 0.717) is 32.7 Å². The number of hydrogen-bond donors (Lipinski definition) is 1. The molecule has 6 nitrogen and oxygen atoms in total. The zero-order valence-corrected chi connectivity index (χ0v) is 12.3. The van der Waals surface area contributed by atoms with Crippen LogP contribution in [0.3, 0.4) is 0 Å². The van der Waals surface area contributed by atoms with Crippen LogP contribution in [0.15, 0.2) is 12.2 Å². The van der Waals surface area contributed by atoms with Crippen LogP contribution in [0.4, 0.5) is 0 Å². The second kappa shape index (κ2) is 7.02. The number of carbonyl (C=O) groups is 1. The fourth-order valence-electron chi connectivity index (χ4n) is 2.01. The van der Waals surface area contributed by atoms with Crippen molar-refractivity contribution >= 4 is 15.9 Å². The van der Waals surface area contributed by atoms with Gasteiger partial charge in [0.2, 0.25) is 15.9 Å². The van der Waals surface area contributed by atoms with Crippen LogP contribution in [-0.2, 0) is 19.6 Å². The highest BCUT2D eigenvalue weighted by Gasteiger charge is 2.36. The molecule has 19 heavy (non-hydrogen) atoms. The molecular formula is C12H22N2O4S. The molecule has 1 aliphatic rings. The summed E-state index contributed by atoms with van der Waals surface area (Å²) in [6, 6.07) is -0.573. The molecule has 7 heteroatoms. The highest BCUT2D eigenvalue weighted by molar-refractivity contribution is 7.88. The summed E-state index contributed by atoms with van der Waals surface area (Å²) in [5.74, 6) is -0.248. The lowest BCUT2D eigenvalue weighted by atomic mass is 10.2. The molecule has 1 aliphatic heterocycles. The molecule has 1 fully saturated rings. The fraction of sp³-hybridized carbons (Fsp3) is 0.750. The average molecular weight is 290 g/mol. The van der Waals surface area contributed by atoms with Crippen molar-refractivity contribution in [3.63, 3.8) is 0 Å². The van der Waals surface area contributed by atoms with Gasteiger partial charge in [-0.15, -0.1) is 0 Å². The van der Waals surface area contributed by atoms with E-state index in [1.165, 1.54) is 4.31 Å². The molecule has 0 aromatic rings. The Bertz CT molecular complexity index is 433. The van der Waals surface area contributed by atoms with Gasteiger partial charge in [0.05, 0.1) is 19.5 Å². The van der Waals surface area contributed by atoms with E-state index < -0.39 is 16.1 Å². The van der Waals surface area contributed by atoms with Crippen molar-refractivity contribution in [1.82, 2.24) is 9.62 Å². The summed E-state index contributed by atoms with van der Waals surface area (Å²) >= 11 is 0. The van der Waals surface area contributed by atoms with E-state index in [9.17, 15) is 13.2 Å². The first-order chi connectivity index (χ1) is 8.82. The van der Waals surface area contributed by atoms with Crippen LogP contribution in [0.25, 0.3) is 0 Å². The normalized spacial score (nSPS) is 20.4. The Balaban J connectivity index is 2.35. The van der Waals surface area contributed by atoms with Gasteiger partial charge in [-0.2, -0.15) is 4.31 Å². The molecule has 110 valence electrons. The molecule has 1 heterocycles. The molecule has 0 aromatic heterocycles. The molecule has 1 N–H and O–H groups in total. The molecular weight excluding hydrogens is 268 g/mol. The molecule has 1 saturated heterocycles. The zero-order valence-electron chi connectivity index (χ0n) is 11.5. The van der Waals surface area contributed by atoms with Gasteiger partial charge in [-0.05, 0) is 19.8 Å². The lowest BCUT2D eigenvalue weighted by Crippen LogP contribution is -2.46. The molecule has 1 rings (SSSR count). The van der Waals surface area contributed by atoms with Crippen LogP contribution >= 0.6 is 0 Å². The van der Waals surface area contributed by atoms with Gasteiger partial charge in [-0.3, -0.25) is 4.79 Å². The summed E-state index contributed by atoms with van der Waals surface area (Å²) in [7, 11) is -3.31. The van der Waals surface area contributed by atoms with Gasteiger partial charge in [0, 0.05) is 13.1 Å². The first-order valence-electron chi connectivity index (χ1n) is 6.29. The Kier molecular flexibility index (Phi) is 5.96. The van der Waals surface area contributed by atoms with Crippen LogP contribution in [0.1, 0.15) is 19.8 Å². The summed E-state index contributed by atoms with van der Waals surface area (Å²) in [6.45, 7) is 7.22. The number of rotatable bonds is 7. The zero-order chi connectivity index (χ0) is 14.5. The summed E-state index contributed by atoms with van der Waals surface area (Å²) < 4.78 is 29.5. The predicted molar refractivity (Wildman–Crippen MR) is 73.2 cm³/mol. The van der Waals surface area contributed by atoms with Crippen molar-refractivity contribution < 1.29 is 17.9 Å². The smallest absolute Gasteiger partial charge is 0.238 e. The monoisotopic (exact) mass is 290 g/mol. The molecule has 1 amide bonds. The van der Waals surface area contributed by atoms with E-state index in [2.05, 4.69) is 11.9 Å². The van der Waals surface area contributed by atoms with Crippen molar-refractivity contribution in [3.8, 4) is 0 Å². The predicted octanol–water partition coefficient (Wildman–Crippen LogP) is 0.119. The van der Waals surface area contributed by atoms with E-state index in [1.54, 1.807) is 0 Å². The van der Waals surface area contributed by atoms with Gasteiger partial charge in [0.25, 0.3) is 0 Å². The van der Waals surface area contributed by atoms with Gasteiger partial charge < -0.3 is 10.1 Å². The molecule has 1 atom stereocenters. The Labute approximate surface area is 114 Å². The molecule has 0 bridgehead atoms. The molecule has 0 spiro atoms. The van der Waals surface area contributed by atoms with Gasteiger partial charge in [0.1, 0.15) is 6.04 Å². The maximum atomic E-state index is 11.9. The Hall–Kier alpha value is -0.920. The van der Waals surface area contributed by atoms with Crippen LogP contribution in [0, 0.1) is 0 Å². The Morgan fingerprint density at radius 3 is 2.79 bits per heavy atom. The number of hydrogen-bond acceptors (Lipinski definition) is 4. The number of carbonyl (C=O) groups excluding carboxylic acids is 1. The highest BCUT2D eigenvalue weighted by atomic mass is 32.2. The van der Waals surface area contributed by atoms with Crippen molar-refractivity contribution in [2.45, 2.75) is 25.8 Å². The minimum Gasteiger partial charge on any atom is -0.375 e. The molecule has 1 unspecified atom stereocenters. The topological polar surface area (TPSA) is 75.7 Å². The van der Waals surface area contributed by atoms with Crippen molar-refractivity contribution in [2.24, 2.45) is 0 Å². The summed E-state index contributed by atoms with van der Waals surface area (Å²) in [5.41, 5.74) is 0.922. The van der Waals surface area contributed by atoms with E-state index >= 15 is 0 Å². The average Bonchev–Trinajstić information content (AvgIpc) is 2.76. The summed E-state index contributed by atoms with van der Waals surface area (Å²) in [4.78, 5) is 11.9. The first-order valence-corrected chi connectivity index (χ1v) is 8.14. The van der Waals surface area contributed by atoms with E-state index in [4.69, 9.17) is 4.74 Å². The number of nitrogens with zero attached hydrogens (tertiary/aromatic N) is 1. The summed E-state index contributed by atoms with van der Waals surface area (Å²) in [6.07, 6.45) is 2.43. The minimum absolute atomic E-state index is 0.248. The second-order valence-electron chi connectivity index (χ2n) is 4.83. The SMILES string of the molecule is C=C(C)COCCNC(=O)C1CCCN1S(C)(=O)=O. The maximum Gasteiger partial charge on any atom is 0.238 e. The fourth-order valence-corrected chi connectivity index (χ4v) is 3.13. The van der Waals surface area contributed by atoms with Gasteiger partial charge >= 0.3 is 0 Å². The summed E-state index contributed by atoms with van der Waals surface area (Å²) in [5, 5.41) is 2.70. The van der Waals surface area contributed by atoms with Gasteiger partial charge in [0.15, 0.2) is 0 Å². The van der Waals surface area contributed by atoms with E-state index in [0.717, 1.165) is 18.2 Å². The van der Waals surface area contributed by atoms with Crippen LogP contribution in [0.5, 0.6) is 0 Å². The lowest BCUT2D eigenvalue weighted by molar-refractivity contribution is -0.124. The van der Waals surface area contributed by atoms with Crippen LogP contribution in [-0.4, -0.2) is 57.2 Å². The Morgan fingerprint density at radius 2 is 2.21 bits per heavy atom. The molecule has 0 saturated carbocycles. The van der Waals surface area contributed by atoms with Gasteiger partial charge in [-0.25, -0.2) is 8.42 Å². The maximum absolute atomic E-state index is 11.9. The van der Waals surface area contributed by atoms with Gasteiger partial charge in [-0.1, -0.05) is 12.2 Å². The van der Waals surface area contributed by atoms with Crippen molar-refractivity contribution in [1.29, 1.82) is 0 Å². The third kappa shape index (κ3) is 5.30. The molecule has 0 aliphatic carbocycles. The van der Waals surface area contributed by atoms with E-state index in [1.807, 2.05) is 6.92 Å². The quantitative estimate of drug-likeness (QED) is 0.534. The second-order valence-corrected chi connectivity index (χ2v) is 6.77. The number of amides is 1. The number of sulfonamides is 1. The van der Waals surface area contributed by atoms with Crippen molar-refractivity contribution in [2.75, 3.05) is 32.6 Å². The number of ether oxygens (including phenoxy) is 1. The third-order valence-corrected chi connectivity index (χ3v) is 4.12. The van der Waals surface area contributed by atoms with E-state index in [-0.39, 0.29) is 5.91 Å². The third-order valence-electron chi connectivity index (χ3n) is 2.83. The van der Waals surface area contributed by atoms with Crippen LogP contribution in [0.2, 0.25) is 0 Å². The minimum atomic E-state index is -3.31.